The third kappa shape index (κ3) is 4.02. The third-order valence-electron chi connectivity index (χ3n) is 2.79. The van der Waals surface area contributed by atoms with Gasteiger partial charge in [-0.15, -0.1) is 0 Å². The Kier molecular flexibility index (Phi) is 5.13. The zero-order chi connectivity index (χ0) is 13.0. The van der Waals surface area contributed by atoms with Crippen LogP contribution >= 0.6 is 23.2 Å². The van der Waals surface area contributed by atoms with Gasteiger partial charge in [-0.05, 0) is 25.0 Å². The van der Waals surface area contributed by atoms with Crippen LogP contribution in [0.3, 0.4) is 0 Å². The molecule has 3 nitrogen and oxygen atoms in total. The van der Waals surface area contributed by atoms with Gasteiger partial charge in [-0.1, -0.05) is 23.2 Å². The fourth-order valence-electron chi connectivity index (χ4n) is 1.69. The number of hydrogen-bond acceptors (Lipinski definition) is 3. The molecule has 0 radical (unpaired) electrons. The normalized spacial score (nSPS) is 14.8. The molecule has 1 saturated carbocycles. The Hall–Kier alpha value is -0.480. The van der Waals surface area contributed by atoms with Crippen LogP contribution in [0.2, 0.25) is 10.0 Å². The predicted octanol–water partition coefficient (Wildman–Crippen LogP) is 3.01. The minimum Gasteiger partial charge on any atom is -0.492 e. The van der Waals surface area contributed by atoms with Crippen molar-refractivity contribution in [1.82, 2.24) is 5.32 Å². The summed E-state index contributed by atoms with van der Waals surface area (Å²) in [4.78, 5) is 0. The summed E-state index contributed by atoms with van der Waals surface area (Å²) in [6.07, 6.45) is 3.05. The summed E-state index contributed by atoms with van der Waals surface area (Å²) in [5.74, 6) is 0.669. The van der Waals surface area contributed by atoms with Crippen LogP contribution in [0.25, 0.3) is 0 Å². The van der Waals surface area contributed by atoms with Crippen LogP contribution in [0.4, 0.5) is 0 Å². The van der Waals surface area contributed by atoms with Crippen molar-refractivity contribution >= 4 is 23.2 Å². The summed E-state index contributed by atoms with van der Waals surface area (Å²) in [5.41, 5.74) is 0.970. The molecule has 0 amide bonds. The van der Waals surface area contributed by atoms with Crippen molar-refractivity contribution in [2.75, 3.05) is 13.2 Å². The van der Waals surface area contributed by atoms with E-state index in [0.29, 0.717) is 41.4 Å². The van der Waals surface area contributed by atoms with E-state index in [-0.39, 0.29) is 6.61 Å². The molecule has 0 saturated heterocycles. The maximum Gasteiger partial charge on any atom is 0.142 e. The maximum absolute atomic E-state index is 8.76. The number of halogens is 2. The summed E-state index contributed by atoms with van der Waals surface area (Å²) in [7, 11) is 0. The number of ether oxygens (including phenoxy) is 1. The highest BCUT2D eigenvalue weighted by Crippen LogP contribution is 2.33. The molecule has 1 fully saturated rings. The van der Waals surface area contributed by atoms with E-state index in [2.05, 4.69) is 5.32 Å². The third-order valence-corrected chi connectivity index (χ3v) is 3.29. The summed E-state index contributed by atoms with van der Waals surface area (Å²) < 4.78 is 5.63. The number of aliphatic hydroxyl groups is 1. The van der Waals surface area contributed by atoms with E-state index >= 15 is 0 Å². The minimum atomic E-state index is 0.112. The highest BCUT2D eigenvalue weighted by Gasteiger charge is 2.21. The SMILES string of the molecule is OCCCOc1c(Cl)cc(Cl)cc1CNC1CC1. The van der Waals surface area contributed by atoms with Crippen LogP contribution in [0.5, 0.6) is 5.75 Å². The molecule has 1 aliphatic rings. The van der Waals surface area contributed by atoms with Gasteiger partial charge < -0.3 is 15.2 Å². The molecule has 2 rings (SSSR count). The fourth-order valence-corrected chi connectivity index (χ4v) is 2.28. The van der Waals surface area contributed by atoms with Crippen LogP contribution in [-0.2, 0) is 6.54 Å². The lowest BCUT2D eigenvalue weighted by Gasteiger charge is -2.14. The lowest BCUT2D eigenvalue weighted by atomic mass is 10.2. The lowest BCUT2D eigenvalue weighted by Crippen LogP contribution is -2.16. The van der Waals surface area contributed by atoms with E-state index in [1.807, 2.05) is 6.07 Å². The number of benzene rings is 1. The second-order valence-electron chi connectivity index (χ2n) is 4.46. The van der Waals surface area contributed by atoms with E-state index in [0.717, 1.165) is 5.56 Å². The molecule has 0 heterocycles. The van der Waals surface area contributed by atoms with E-state index in [9.17, 15) is 0 Å². The number of hydrogen-bond donors (Lipinski definition) is 2. The van der Waals surface area contributed by atoms with Crippen LogP contribution in [0, 0.1) is 0 Å². The van der Waals surface area contributed by atoms with Gasteiger partial charge in [-0.3, -0.25) is 0 Å². The Morgan fingerprint density at radius 1 is 1.33 bits per heavy atom. The molecule has 5 heteroatoms. The first-order chi connectivity index (χ1) is 8.70. The van der Waals surface area contributed by atoms with Gasteiger partial charge in [0.05, 0.1) is 11.6 Å². The van der Waals surface area contributed by atoms with Crippen LogP contribution in [0.1, 0.15) is 24.8 Å². The predicted molar refractivity (Wildman–Crippen MR) is 73.5 cm³/mol. The van der Waals surface area contributed by atoms with Gasteiger partial charge in [-0.2, -0.15) is 0 Å². The van der Waals surface area contributed by atoms with E-state index in [4.69, 9.17) is 33.0 Å². The van der Waals surface area contributed by atoms with Gasteiger partial charge in [0.15, 0.2) is 0 Å². The monoisotopic (exact) mass is 289 g/mol. The van der Waals surface area contributed by atoms with Crippen LogP contribution < -0.4 is 10.1 Å². The number of rotatable bonds is 7. The molecule has 1 aliphatic carbocycles. The van der Waals surface area contributed by atoms with Gasteiger partial charge >= 0.3 is 0 Å². The minimum absolute atomic E-state index is 0.112. The number of aliphatic hydroxyl groups excluding tert-OH is 1. The molecule has 1 aromatic carbocycles. The first kappa shape index (κ1) is 13.9. The standard InChI is InChI=1S/C13H17Cl2NO2/c14-10-6-9(8-16-11-2-3-11)13(12(15)7-10)18-5-1-4-17/h6-7,11,16-17H,1-5,8H2. The first-order valence-corrected chi connectivity index (χ1v) is 6.91. The lowest BCUT2D eigenvalue weighted by molar-refractivity contribution is 0.232. The summed E-state index contributed by atoms with van der Waals surface area (Å²) >= 11 is 12.2. The summed E-state index contributed by atoms with van der Waals surface area (Å²) in [6.45, 7) is 1.27. The van der Waals surface area contributed by atoms with E-state index in [1.54, 1.807) is 6.07 Å². The van der Waals surface area contributed by atoms with Crippen molar-refractivity contribution < 1.29 is 9.84 Å². The Morgan fingerprint density at radius 2 is 2.11 bits per heavy atom. The number of nitrogens with one attached hydrogen (secondary N) is 1. The zero-order valence-corrected chi connectivity index (χ0v) is 11.6. The average Bonchev–Trinajstić information content (AvgIpc) is 3.13. The molecule has 0 aromatic heterocycles. The van der Waals surface area contributed by atoms with Crippen LogP contribution in [0.15, 0.2) is 12.1 Å². The van der Waals surface area contributed by atoms with Crippen LogP contribution in [-0.4, -0.2) is 24.4 Å². The quantitative estimate of drug-likeness (QED) is 0.758. The molecule has 1 aromatic rings. The van der Waals surface area contributed by atoms with Gasteiger partial charge in [0.25, 0.3) is 0 Å². The average molecular weight is 290 g/mol. The van der Waals surface area contributed by atoms with Crippen molar-refractivity contribution in [3.05, 3.63) is 27.7 Å². The van der Waals surface area contributed by atoms with Gasteiger partial charge in [0.1, 0.15) is 5.75 Å². The van der Waals surface area contributed by atoms with Crippen molar-refractivity contribution in [2.45, 2.75) is 31.8 Å². The molecule has 18 heavy (non-hydrogen) atoms. The second-order valence-corrected chi connectivity index (χ2v) is 5.30. The smallest absolute Gasteiger partial charge is 0.142 e. The molecule has 0 bridgehead atoms. The maximum atomic E-state index is 8.76. The highest BCUT2D eigenvalue weighted by atomic mass is 35.5. The van der Waals surface area contributed by atoms with Crippen molar-refractivity contribution in [3.63, 3.8) is 0 Å². The van der Waals surface area contributed by atoms with Gasteiger partial charge in [-0.25, -0.2) is 0 Å². The molecular formula is C13H17Cl2NO2. The Labute approximate surface area is 117 Å². The van der Waals surface area contributed by atoms with E-state index < -0.39 is 0 Å². The molecule has 100 valence electrons. The van der Waals surface area contributed by atoms with Crippen molar-refractivity contribution in [1.29, 1.82) is 0 Å². The second kappa shape index (κ2) is 6.62. The van der Waals surface area contributed by atoms with Gasteiger partial charge in [0.2, 0.25) is 0 Å². The molecule has 0 atom stereocenters. The first-order valence-electron chi connectivity index (χ1n) is 6.15. The molecule has 0 aliphatic heterocycles. The van der Waals surface area contributed by atoms with Crippen molar-refractivity contribution in [3.8, 4) is 5.75 Å². The Balaban J connectivity index is 2.06. The molecular weight excluding hydrogens is 273 g/mol. The highest BCUT2D eigenvalue weighted by molar-refractivity contribution is 6.35. The zero-order valence-electron chi connectivity index (χ0n) is 10.1. The van der Waals surface area contributed by atoms with Crippen molar-refractivity contribution in [2.24, 2.45) is 0 Å². The summed E-state index contributed by atoms with van der Waals surface area (Å²) in [5, 5.41) is 13.3. The van der Waals surface area contributed by atoms with E-state index in [1.165, 1.54) is 12.8 Å². The Morgan fingerprint density at radius 3 is 2.78 bits per heavy atom. The topological polar surface area (TPSA) is 41.5 Å². The molecule has 2 N–H and O–H groups in total. The fraction of sp³-hybridized carbons (Fsp3) is 0.538. The molecule has 0 spiro atoms. The van der Waals surface area contributed by atoms with Gasteiger partial charge in [0, 0.05) is 36.2 Å². The molecule has 0 unspecified atom stereocenters. The largest absolute Gasteiger partial charge is 0.492 e. The summed E-state index contributed by atoms with van der Waals surface area (Å²) in [6, 6.07) is 4.17. The Bertz CT molecular complexity index is 408.